The Labute approximate surface area is 231 Å². The number of anilines is 1. The fourth-order valence-electron chi connectivity index (χ4n) is 3.56. The number of nitrogens with two attached hydrogens (primary N) is 2. The quantitative estimate of drug-likeness (QED) is 0.249. The highest BCUT2D eigenvalue weighted by Crippen LogP contribution is 2.32. The summed E-state index contributed by atoms with van der Waals surface area (Å²) in [7, 11) is 5.52. The molecule has 2 rings (SSSR count). The van der Waals surface area contributed by atoms with Gasteiger partial charge in [-0.3, -0.25) is 4.99 Å². The molecule has 1 amide bonds. The Morgan fingerprint density at radius 1 is 1.18 bits per heavy atom. The molecule has 0 saturated heterocycles. The van der Waals surface area contributed by atoms with Gasteiger partial charge in [0.1, 0.15) is 18.1 Å². The van der Waals surface area contributed by atoms with Crippen molar-refractivity contribution in [2.75, 3.05) is 47.3 Å². The number of benzene rings is 1. The lowest BCUT2D eigenvalue weighted by Crippen LogP contribution is -2.37. The van der Waals surface area contributed by atoms with Crippen LogP contribution in [0.3, 0.4) is 0 Å². The molecule has 1 aromatic heterocycles. The molecule has 0 aliphatic rings. The molecule has 1 heterocycles. The second kappa shape index (κ2) is 13.6. The van der Waals surface area contributed by atoms with Gasteiger partial charge in [-0.15, -0.1) is 0 Å². The van der Waals surface area contributed by atoms with Crippen molar-refractivity contribution >= 4 is 29.2 Å². The number of rotatable bonds is 10. The summed E-state index contributed by atoms with van der Waals surface area (Å²) in [5.74, 6) is -1.77. The Morgan fingerprint density at radius 2 is 1.85 bits per heavy atom. The molecule has 1 aromatic carbocycles. The van der Waals surface area contributed by atoms with Crippen molar-refractivity contribution in [2.24, 2.45) is 10.7 Å². The van der Waals surface area contributed by atoms with E-state index in [2.05, 4.69) is 9.98 Å². The minimum atomic E-state index is -1.44. The van der Waals surface area contributed by atoms with Crippen LogP contribution in [0.1, 0.15) is 48.4 Å². The van der Waals surface area contributed by atoms with Crippen LogP contribution in [0.5, 0.6) is 5.75 Å². The third-order valence-corrected chi connectivity index (χ3v) is 5.46. The minimum Gasteiger partial charge on any atom is -0.482 e. The Kier molecular flexibility index (Phi) is 10.8. The maximum atomic E-state index is 14.2. The van der Waals surface area contributed by atoms with Crippen LogP contribution in [0.15, 0.2) is 41.3 Å². The Balaban J connectivity index is 2.51. The average molecular weight is 564 g/mol. The molecule has 11 nitrogen and oxygen atoms in total. The molecular weight excluding hydrogens is 528 g/mol. The topological polar surface area (TPSA) is 152 Å². The van der Waals surface area contributed by atoms with Crippen molar-refractivity contribution < 1.29 is 37.3 Å². The van der Waals surface area contributed by atoms with Crippen LogP contribution in [0, 0.1) is 5.82 Å². The van der Waals surface area contributed by atoms with Gasteiger partial charge in [0.05, 0.1) is 37.6 Å². The number of carbonyl (C=O) groups is 2. The van der Waals surface area contributed by atoms with Gasteiger partial charge >= 0.3 is 12.1 Å². The zero-order chi connectivity index (χ0) is 30.2. The van der Waals surface area contributed by atoms with Gasteiger partial charge in [0, 0.05) is 31.4 Å². The molecule has 0 aliphatic heterocycles. The van der Waals surface area contributed by atoms with Crippen LogP contribution in [-0.4, -0.2) is 74.8 Å². The second-order valence-corrected chi connectivity index (χ2v) is 9.54. The number of esters is 1. The van der Waals surface area contributed by atoms with Crippen molar-refractivity contribution in [3.05, 3.63) is 58.9 Å². The predicted molar refractivity (Wildman–Crippen MR) is 146 cm³/mol. The number of aromatic nitrogens is 1. The number of aliphatic imine (C=N–C) groups is 1. The van der Waals surface area contributed by atoms with Crippen LogP contribution < -0.4 is 16.2 Å². The highest BCUT2D eigenvalue weighted by molar-refractivity contribution is 6.25. The van der Waals surface area contributed by atoms with E-state index in [1.54, 1.807) is 20.8 Å². The van der Waals surface area contributed by atoms with Crippen molar-refractivity contribution in [3.8, 4) is 5.75 Å². The number of hydrogen-bond acceptors (Lipinski definition) is 10. The molecule has 0 radical (unpaired) electrons. The summed E-state index contributed by atoms with van der Waals surface area (Å²) >= 11 is 0. The largest absolute Gasteiger partial charge is 0.482 e. The molecule has 1 atom stereocenters. The molecule has 2 aromatic rings. The lowest BCUT2D eigenvalue weighted by Gasteiger charge is -2.26. The van der Waals surface area contributed by atoms with Gasteiger partial charge in [-0.05, 0) is 45.0 Å². The molecule has 0 aliphatic carbocycles. The van der Waals surface area contributed by atoms with E-state index in [1.807, 2.05) is 0 Å². The van der Waals surface area contributed by atoms with Crippen LogP contribution in [0.4, 0.5) is 19.4 Å². The first-order valence-corrected chi connectivity index (χ1v) is 12.1. The number of methoxy groups -OCH3 is 2. The minimum absolute atomic E-state index is 0.0236. The van der Waals surface area contributed by atoms with E-state index in [4.69, 9.17) is 30.4 Å². The van der Waals surface area contributed by atoms with Crippen molar-refractivity contribution in [3.63, 3.8) is 0 Å². The number of carbonyl (C=O) groups excluding carboxylic acids is 2. The van der Waals surface area contributed by atoms with Gasteiger partial charge in [0.25, 0.3) is 0 Å². The monoisotopic (exact) mass is 563 g/mol. The Bertz CT molecular complexity index is 1290. The first-order chi connectivity index (χ1) is 18.8. The van der Waals surface area contributed by atoms with Crippen molar-refractivity contribution in [2.45, 2.75) is 32.5 Å². The summed E-state index contributed by atoms with van der Waals surface area (Å²) in [5, 5.41) is 0. The summed E-state index contributed by atoms with van der Waals surface area (Å²) in [4.78, 5) is 34.5. The van der Waals surface area contributed by atoms with Gasteiger partial charge < -0.3 is 35.3 Å². The number of nitrogen functional groups attached to an aromatic ring is 1. The molecule has 0 saturated carbocycles. The molecule has 0 bridgehead atoms. The first-order valence-electron chi connectivity index (χ1n) is 12.1. The molecular formula is C27H35F2N5O6. The number of ether oxygens (including phenoxy) is 4. The Morgan fingerprint density at radius 3 is 2.40 bits per heavy atom. The molecule has 13 heteroatoms. The highest BCUT2D eigenvalue weighted by atomic mass is 19.1. The van der Waals surface area contributed by atoms with Gasteiger partial charge in [-0.25, -0.2) is 23.4 Å². The number of hydrogen-bond donors (Lipinski definition) is 2. The number of alkyl halides is 1. The maximum Gasteiger partial charge on any atom is 0.410 e. The third-order valence-electron chi connectivity index (χ3n) is 5.46. The number of amides is 1. The highest BCUT2D eigenvalue weighted by Gasteiger charge is 2.26. The lowest BCUT2D eigenvalue weighted by atomic mass is 10.0. The SMILES string of the molecule is CN=C(CN(C)C(=O)OC(C)(C)C)C(=C(N)OC)c1cnc(N)c(OC(CF)c2cc(F)ccc2C(=O)OC)c1. The van der Waals surface area contributed by atoms with Gasteiger partial charge in [-0.1, -0.05) is 0 Å². The van der Waals surface area contributed by atoms with E-state index in [0.29, 0.717) is 11.3 Å². The predicted octanol–water partition coefficient (Wildman–Crippen LogP) is 3.89. The van der Waals surface area contributed by atoms with Crippen molar-refractivity contribution in [1.82, 2.24) is 9.88 Å². The van der Waals surface area contributed by atoms with E-state index in [-0.39, 0.29) is 40.7 Å². The maximum absolute atomic E-state index is 14.2. The molecule has 40 heavy (non-hydrogen) atoms. The summed E-state index contributed by atoms with van der Waals surface area (Å²) in [6, 6.07) is 4.62. The summed E-state index contributed by atoms with van der Waals surface area (Å²) in [5.41, 5.74) is 12.2. The third kappa shape index (κ3) is 8.04. The molecule has 218 valence electrons. The zero-order valence-electron chi connectivity index (χ0n) is 23.6. The van der Waals surface area contributed by atoms with Gasteiger partial charge in [0.15, 0.2) is 23.6 Å². The van der Waals surface area contributed by atoms with Crippen LogP contribution >= 0.6 is 0 Å². The van der Waals surface area contributed by atoms with Crippen LogP contribution in [0.25, 0.3) is 5.57 Å². The average Bonchev–Trinajstić information content (AvgIpc) is 2.90. The van der Waals surface area contributed by atoms with Crippen molar-refractivity contribution in [1.29, 1.82) is 0 Å². The molecule has 4 N–H and O–H groups in total. The van der Waals surface area contributed by atoms with Gasteiger partial charge in [0.2, 0.25) is 0 Å². The normalized spacial score (nSPS) is 13.2. The standard InChI is InChI=1S/C27H35F2N5O6/c1-27(2,3)40-26(36)34(5)14-19(32-4)22(24(31)37-6)15-10-20(23(30)33-13-15)39-21(12-28)18-11-16(29)8-9-17(18)25(35)38-7/h8-11,13,21H,12,14,31H2,1-7H3,(H2,30,33). The number of nitrogens with zero attached hydrogens (tertiary/aromatic N) is 3. The van der Waals surface area contributed by atoms with E-state index in [0.717, 1.165) is 19.2 Å². The molecule has 1 unspecified atom stereocenters. The second-order valence-electron chi connectivity index (χ2n) is 9.54. The fourth-order valence-corrected chi connectivity index (χ4v) is 3.56. The number of pyridine rings is 1. The van der Waals surface area contributed by atoms with Gasteiger partial charge in [-0.2, -0.15) is 0 Å². The van der Waals surface area contributed by atoms with E-state index in [9.17, 15) is 18.4 Å². The lowest BCUT2D eigenvalue weighted by molar-refractivity contribution is 0.0324. The van der Waals surface area contributed by atoms with E-state index in [1.165, 1.54) is 44.4 Å². The van der Waals surface area contributed by atoms with E-state index < -0.39 is 36.3 Å². The van der Waals surface area contributed by atoms with Crippen LogP contribution in [0.2, 0.25) is 0 Å². The first kappa shape index (κ1) is 31.8. The summed E-state index contributed by atoms with van der Waals surface area (Å²) < 4.78 is 49.5. The fraction of sp³-hybridized carbons (Fsp3) is 0.407. The van der Waals surface area contributed by atoms with Crippen LogP contribution in [-0.2, 0) is 14.2 Å². The number of halogens is 2. The molecule has 0 fully saturated rings. The molecule has 0 spiro atoms. The smallest absolute Gasteiger partial charge is 0.410 e. The van der Waals surface area contributed by atoms with E-state index >= 15 is 0 Å². The summed E-state index contributed by atoms with van der Waals surface area (Å²) in [6.45, 7) is 4.07. The summed E-state index contributed by atoms with van der Waals surface area (Å²) in [6.07, 6.45) is -0.658. The zero-order valence-corrected chi connectivity index (χ0v) is 23.6. The Hall–Kier alpha value is -4.42.